The zero-order valence-electron chi connectivity index (χ0n) is 13.5. The Kier molecular flexibility index (Phi) is 6.37. The Hall–Kier alpha value is -2.34. The lowest BCUT2D eigenvalue weighted by Crippen LogP contribution is -2.31. The molecule has 1 amide bonds. The summed E-state index contributed by atoms with van der Waals surface area (Å²) < 4.78 is 11.7. The maximum atomic E-state index is 12.2. The van der Waals surface area contributed by atoms with Crippen LogP contribution < -0.4 is 9.47 Å². The second-order valence-corrected chi connectivity index (χ2v) is 6.11. The van der Waals surface area contributed by atoms with E-state index >= 15 is 0 Å². The number of carbonyl (C=O) groups is 2. The van der Waals surface area contributed by atoms with Gasteiger partial charge in [0.2, 0.25) is 0 Å². The summed E-state index contributed by atoms with van der Waals surface area (Å²) in [6.45, 7) is 0.389. The number of benzene rings is 2. The summed E-state index contributed by atoms with van der Waals surface area (Å²) in [6, 6.07) is 12.6. The summed E-state index contributed by atoms with van der Waals surface area (Å²) in [7, 11) is 3.21. The lowest BCUT2D eigenvalue weighted by Gasteiger charge is -2.18. The second-order valence-electron chi connectivity index (χ2n) is 5.19. The SMILES string of the molecule is COc1cc(C=O)ccc1OCC(=O)N(C)Cc1ccc(Br)cc1. The van der Waals surface area contributed by atoms with Crippen LogP contribution in [-0.4, -0.2) is 37.9 Å². The minimum absolute atomic E-state index is 0.107. The van der Waals surface area contributed by atoms with Gasteiger partial charge in [0.1, 0.15) is 6.29 Å². The number of nitrogens with zero attached hydrogens (tertiary/aromatic N) is 1. The highest BCUT2D eigenvalue weighted by molar-refractivity contribution is 9.10. The van der Waals surface area contributed by atoms with Crippen LogP contribution in [0.2, 0.25) is 0 Å². The highest BCUT2D eigenvalue weighted by Crippen LogP contribution is 2.27. The fourth-order valence-corrected chi connectivity index (χ4v) is 2.34. The van der Waals surface area contributed by atoms with Gasteiger partial charge in [-0.05, 0) is 35.9 Å². The van der Waals surface area contributed by atoms with E-state index in [-0.39, 0.29) is 12.5 Å². The molecular weight excluding hydrogens is 374 g/mol. The highest BCUT2D eigenvalue weighted by Gasteiger charge is 2.12. The van der Waals surface area contributed by atoms with Crippen LogP contribution in [-0.2, 0) is 11.3 Å². The first-order valence-corrected chi connectivity index (χ1v) is 8.07. The Bertz CT molecular complexity index is 715. The molecule has 126 valence electrons. The fourth-order valence-electron chi connectivity index (χ4n) is 2.08. The van der Waals surface area contributed by atoms with Crippen LogP contribution in [0.5, 0.6) is 11.5 Å². The molecule has 0 aliphatic rings. The van der Waals surface area contributed by atoms with Gasteiger partial charge in [0.15, 0.2) is 18.1 Å². The van der Waals surface area contributed by atoms with E-state index in [1.807, 2.05) is 24.3 Å². The summed E-state index contributed by atoms with van der Waals surface area (Å²) in [5, 5.41) is 0. The third kappa shape index (κ3) is 4.83. The van der Waals surface area contributed by atoms with Crippen LogP contribution in [0, 0.1) is 0 Å². The first-order chi connectivity index (χ1) is 11.5. The highest BCUT2D eigenvalue weighted by atomic mass is 79.9. The number of hydrogen-bond acceptors (Lipinski definition) is 4. The van der Waals surface area contributed by atoms with Crippen molar-refractivity contribution in [1.82, 2.24) is 4.90 Å². The maximum absolute atomic E-state index is 12.2. The summed E-state index contributed by atoms with van der Waals surface area (Å²) in [5.41, 5.74) is 1.51. The monoisotopic (exact) mass is 391 g/mol. The van der Waals surface area contributed by atoms with Crippen LogP contribution in [0.15, 0.2) is 46.9 Å². The van der Waals surface area contributed by atoms with Gasteiger partial charge in [-0.2, -0.15) is 0 Å². The Morgan fingerprint density at radius 2 is 1.88 bits per heavy atom. The molecule has 0 saturated heterocycles. The molecule has 5 nitrogen and oxygen atoms in total. The van der Waals surface area contributed by atoms with Crippen molar-refractivity contribution in [2.75, 3.05) is 20.8 Å². The molecule has 0 saturated carbocycles. The molecule has 2 aromatic rings. The van der Waals surface area contributed by atoms with Crippen LogP contribution in [0.4, 0.5) is 0 Å². The fraction of sp³-hybridized carbons (Fsp3) is 0.222. The summed E-state index contributed by atoms with van der Waals surface area (Å²) in [4.78, 5) is 24.6. The van der Waals surface area contributed by atoms with Gasteiger partial charge in [-0.3, -0.25) is 9.59 Å². The molecule has 2 rings (SSSR count). The quantitative estimate of drug-likeness (QED) is 0.679. The summed E-state index contributed by atoms with van der Waals surface area (Å²) in [6.07, 6.45) is 0.726. The van der Waals surface area contributed by atoms with Crippen molar-refractivity contribution in [3.05, 3.63) is 58.1 Å². The van der Waals surface area contributed by atoms with Crippen LogP contribution in [0.3, 0.4) is 0 Å². The van der Waals surface area contributed by atoms with Crippen molar-refractivity contribution in [1.29, 1.82) is 0 Å². The Morgan fingerprint density at radius 3 is 2.50 bits per heavy atom. The average molecular weight is 392 g/mol. The van der Waals surface area contributed by atoms with E-state index in [0.29, 0.717) is 23.6 Å². The van der Waals surface area contributed by atoms with E-state index in [0.717, 1.165) is 16.3 Å². The molecule has 2 aromatic carbocycles. The predicted molar refractivity (Wildman–Crippen MR) is 94.5 cm³/mol. The van der Waals surface area contributed by atoms with E-state index in [1.54, 1.807) is 30.1 Å². The third-order valence-corrected chi connectivity index (χ3v) is 3.96. The van der Waals surface area contributed by atoms with Crippen LogP contribution in [0.1, 0.15) is 15.9 Å². The average Bonchev–Trinajstić information content (AvgIpc) is 2.61. The van der Waals surface area contributed by atoms with Gasteiger partial charge in [-0.15, -0.1) is 0 Å². The minimum atomic E-state index is -0.153. The predicted octanol–water partition coefficient (Wildman–Crippen LogP) is 3.31. The van der Waals surface area contributed by atoms with Crippen molar-refractivity contribution in [2.45, 2.75) is 6.54 Å². The summed E-state index contributed by atoms with van der Waals surface area (Å²) >= 11 is 3.38. The molecule has 0 unspecified atom stereocenters. The van der Waals surface area contributed by atoms with Gasteiger partial charge in [0, 0.05) is 23.6 Å². The third-order valence-electron chi connectivity index (χ3n) is 3.43. The van der Waals surface area contributed by atoms with Crippen molar-refractivity contribution >= 4 is 28.1 Å². The molecule has 0 bridgehead atoms. The topological polar surface area (TPSA) is 55.8 Å². The number of hydrogen-bond donors (Lipinski definition) is 0. The van der Waals surface area contributed by atoms with Gasteiger partial charge in [-0.25, -0.2) is 0 Å². The van der Waals surface area contributed by atoms with Crippen LogP contribution >= 0.6 is 15.9 Å². The Balaban J connectivity index is 1.94. The van der Waals surface area contributed by atoms with E-state index < -0.39 is 0 Å². The number of methoxy groups -OCH3 is 1. The number of carbonyl (C=O) groups excluding carboxylic acids is 2. The van der Waals surface area contributed by atoms with Crippen LogP contribution in [0.25, 0.3) is 0 Å². The van der Waals surface area contributed by atoms with Gasteiger partial charge < -0.3 is 14.4 Å². The standard InChI is InChI=1S/C18H18BrNO4/c1-20(10-13-3-6-15(19)7-4-13)18(22)12-24-16-8-5-14(11-21)9-17(16)23-2/h3-9,11H,10,12H2,1-2H3. The Morgan fingerprint density at radius 1 is 1.17 bits per heavy atom. The van der Waals surface area contributed by atoms with E-state index in [4.69, 9.17) is 9.47 Å². The van der Waals surface area contributed by atoms with Gasteiger partial charge in [0.25, 0.3) is 5.91 Å². The smallest absolute Gasteiger partial charge is 0.260 e. The molecule has 0 fully saturated rings. The molecule has 0 N–H and O–H groups in total. The van der Waals surface area contributed by atoms with Crippen molar-refractivity contribution in [3.63, 3.8) is 0 Å². The molecular formula is C18H18BrNO4. The van der Waals surface area contributed by atoms with Gasteiger partial charge in [-0.1, -0.05) is 28.1 Å². The number of halogens is 1. The lowest BCUT2D eigenvalue weighted by molar-refractivity contribution is -0.132. The molecule has 0 spiro atoms. The largest absolute Gasteiger partial charge is 0.493 e. The minimum Gasteiger partial charge on any atom is -0.493 e. The number of ether oxygens (including phenoxy) is 2. The first-order valence-electron chi connectivity index (χ1n) is 7.28. The molecule has 6 heteroatoms. The van der Waals surface area contributed by atoms with Crippen molar-refractivity contribution in [2.24, 2.45) is 0 Å². The van der Waals surface area contributed by atoms with E-state index in [1.165, 1.54) is 7.11 Å². The molecule has 24 heavy (non-hydrogen) atoms. The normalized spacial score (nSPS) is 10.1. The zero-order chi connectivity index (χ0) is 17.5. The maximum Gasteiger partial charge on any atom is 0.260 e. The number of likely N-dealkylation sites (N-methyl/N-ethyl adjacent to an activating group) is 1. The number of amides is 1. The Labute approximate surface area is 149 Å². The van der Waals surface area contributed by atoms with Gasteiger partial charge >= 0.3 is 0 Å². The molecule has 0 aromatic heterocycles. The molecule has 0 aliphatic carbocycles. The molecule has 0 aliphatic heterocycles. The van der Waals surface area contributed by atoms with Gasteiger partial charge in [0.05, 0.1) is 7.11 Å². The number of rotatable bonds is 7. The zero-order valence-corrected chi connectivity index (χ0v) is 15.1. The lowest BCUT2D eigenvalue weighted by atomic mass is 10.2. The summed E-state index contributed by atoms with van der Waals surface area (Å²) in [5.74, 6) is 0.691. The van der Waals surface area contributed by atoms with E-state index in [2.05, 4.69) is 15.9 Å². The molecule has 0 radical (unpaired) electrons. The van der Waals surface area contributed by atoms with E-state index in [9.17, 15) is 9.59 Å². The first kappa shape index (κ1) is 18.0. The number of aldehydes is 1. The van der Waals surface area contributed by atoms with Crippen molar-refractivity contribution in [3.8, 4) is 11.5 Å². The molecule has 0 heterocycles. The van der Waals surface area contributed by atoms with Crippen molar-refractivity contribution < 1.29 is 19.1 Å². The second kappa shape index (κ2) is 8.49. The molecule has 0 atom stereocenters.